The number of ether oxygens (including phenoxy) is 2. The van der Waals surface area contributed by atoms with Crippen LogP contribution in [0.15, 0.2) is 23.1 Å². The highest BCUT2D eigenvalue weighted by atomic mass is 32.2. The number of piperidine rings is 1. The number of nitrogens with one attached hydrogen (secondary N) is 1. The van der Waals surface area contributed by atoms with Gasteiger partial charge in [0.05, 0.1) is 26.4 Å². The summed E-state index contributed by atoms with van der Waals surface area (Å²) in [7, 11) is 0. The predicted octanol–water partition coefficient (Wildman–Crippen LogP) is -0.327. The van der Waals surface area contributed by atoms with Crippen molar-refractivity contribution in [3.8, 4) is 0 Å². The molecule has 0 bridgehead atoms. The van der Waals surface area contributed by atoms with Crippen molar-refractivity contribution >= 4 is 34.9 Å². The van der Waals surface area contributed by atoms with E-state index >= 15 is 0 Å². The van der Waals surface area contributed by atoms with E-state index in [2.05, 4.69) is 5.32 Å². The van der Waals surface area contributed by atoms with Crippen LogP contribution in [0.4, 0.5) is 0 Å². The summed E-state index contributed by atoms with van der Waals surface area (Å²) in [5, 5.41) is 10.7. The lowest BCUT2D eigenvalue weighted by Gasteiger charge is -2.29. The lowest BCUT2D eigenvalue weighted by Crippen LogP contribution is -2.52. The van der Waals surface area contributed by atoms with E-state index in [1.165, 1.54) is 4.90 Å². The fraction of sp³-hybridized carbons (Fsp3) is 0.474. The Morgan fingerprint density at radius 1 is 1.23 bits per heavy atom. The molecular weight excluding hydrogens is 416 g/mol. The quantitative estimate of drug-likeness (QED) is 0.287. The molecule has 0 aromatic heterocycles. The maximum atomic E-state index is 12.8. The van der Waals surface area contributed by atoms with E-state index < -0.39 is 35.7 Å². The van der Waals surface area contributed by atoms with E-state index in [9.17, 15) is 23.7 Å². The first-order valence-corrected chi connectivity index (χ1v) is 10.7. The van der Waals surface area contributed by atoms with Gasteiger partial charge in [0, 0.05) is 17.5 Å². The molecule has 2 N–H and O–H groups in total. The highest BCUT2D eigenvalue weighted by Gasteiger charge is 2.41. The number of carboxylic acid groups (broad SMARTS) is 1. The number of nitrogens with zero attached hydrogens (tertiary/aromatic N) is 1. The zero-order valence-corrected chi connectivity index (χ0v) is 16.9. The third-order valence-corrected chi connectivity index (χ3v) is 6.21. The number of carbonyl (C=O) groups excluding carboxylic acids is 3. The maximum absolute atomic E-state index is 12.8. The Balaban J connectivity index is 1.57. The molecule has 0 aliphatic carbocycles. The van der Waals surface area contributed by atoms with Gasteiger partial charge in [-0.15, -0.1) is 0 Å². The monoisotopic (exact) mass is 438 g/mol. The number of carbonyl (C=O) groups is 4. The minimum absolute atomic E-state index is 0.120. The highest BCUT2D eigenvalue weighted by Crippen LogP contribution is 2.32. The molecule has 30 heavy (non-hydrogen) atoms. The van der Waals surface area contributed by atoms with Crippen molar-refractivity contribution in [2.75, 3.05) is 32.2 Å². The summed E-state index contributed by atoms with van der Waals surface area (Å²) in [4.78, 5) is 48.6. The summed E-state index contributed by atoms with van der Waals surface area (Å²) < 4.78 is 22.9. The molecule has 11 heteroatoms. The molecule has 3 amide bonds. The van der Waals surface area contributed by atoms with Crippen LogP contribution >= 0.6 is 0 Å². The molecule has 2 unspecified atom stereocenters. The fourth-order valence-electron chi connectivity index (χ4n) is 3.39. The number of benzene rings is 1. The Bertz CT molecular complexity index is 846. The number of fused-ring (bicyclic) bond motifs is 1. The average molecular weight is 438 g/mol. The molecule has 0 radical (unpaired) electrons. The van der Waals surface area contributed by atoms with Crippen LogP contribution in [0.1, 0.15) is 28.8 Å². The Morgan fingerprint density at radius 3 is 2.73 bits per heavy atom. The Morgan fingerprint density at radius 2 is 2.00 bits per heavy atom. The van der Waals surface area contributed by atoms with Gasteiger partial charge < -0.3 is 24.0 Å². The van der Waals surface area contributed by atoms with Crippen molar-refractivity contribution in [1.29, 1.82) is 0 Å². The summed E-state index contributed by atoms with van der Waals surface area (Å²) >= 11 is -1.42. The lowest BCUT2D eigenvalue weighted by atomic mass is 10.0. The van der Waals surface area contributed by atoms with Crippen molar-refractivity contribution < 1.29 is 38.3 Å². The molecule has 1 saturated heterocycles. The zero-order chi connectivity index (χ0) is 21.7. The van der Waals surface area contributed by atoms with Gasteiger partial charge in [-0.05, 0) is 29.7 Å². The first-order valence-electron chi connectivity index (χ1n) is 9.40. The van der Waals surface area contributed by atoms with Gasteiger partial charge in [0.1, 0.15) is 18.4 Å². The van der Waals surface area contributed by atoms with Crippen molar-refractivity contribution in [3.05, 3.63) is 29.3 Å². The van der Waals surface area contributed by atoms with Crippen LogP contribution in [-0.2, 0) is 41.6 Å². The van der Waals surface area contributed by atoms with E-state index in [4.69, 9.17) is 14.6 Å². The number of rotatable bonds is 10. The summed E-state index contributed by atoms with van der Waals surface area (Å²) in [5.41, 5.74) is 1.03. The number of hydrogen-bond acceptors (Lipinski definition) is 7. The van der Waals surface area contributed by atoms with E-state index in [0.717, 1.165) is 0 Å². The topological polar surface area (TPSA) is 145 Å². The molecule has 10 nitrogen and oxygen atoms in total. The molecule has 0 saturated carbocycles. The molecule has 162 valence electrons. The molecule has 2 aliphatic rings. The first-order chi connectivity index (χ1) is 14.4. The van der Waals surface area contributed by atoms with Crippen LogP contribution in [0.3, 0.4) is 0 Å². The second kappa shape index (κ2) is 10.0. The highest BCUT2D eigenvalue weighted by molar-refractivity contribution is 7.91. The molecule has 1 aromatic carbocycles. The SMILES string of the molecule is O=C(O)COCCOCC[S+]([O-])c1cccc2c1CN(C1CCC(=O)NC1=O)C2=O. The van der Waals surface area contributed by atoms with Gasteiger partial charge in [-0.25, -0.2) is 4.79 Å². The molecule has 3 rings (SSSR count). The molecule has 2 heterocycles. The number of carboxylic acids is 1. The third-order valence-electron chi connectivity index (χ3n) is 4.79. The summed E-state index contributed by atoms with van der Waals surface area (Å²) in [6, 6.07) is 4.25. The van der Waals surface area contributed by atoms with Crippen molar-refractivity contribution in [1.82, 2.24) is 10.2 Å². The lowest BCUT2D eigenvalue weighted by molar-refractivity contribution is -0.142. The Kier molecular flexibility index (Phi) is 7.43. The van der Waals surface area contributed by atoms with Crippen LogP contribution in [-0.4, -0.2) is 76.5 Å². The largest absolute Gasteiger partial charge is 0.611 e. The van der Waals surface area contributed by atoms with Crippen LogP contribution < -0.4 is 5.32 Å². The van der Waals surface area contributed by atoms with E-state index in [1.807, 2.05) is 0 Å². The second-order valence-electron chi connectivity index (χ2n) is 6.79. The maximum Gasteiger partial charge on any atom is 0.329 e. The van der Waals surface area contributed by atoms with Crippen LogP contribution in [0.5, 0.6) is 0 Å². The summed E-state index contributed by atoms with van der Waals surface area (Å²) in [6.45, 7) is 0.237. The molecule has 2 aliphatic heterocycles. The fourth-order valence-corrected chi connectivity index (χ4v) is 4.56. The van der Waals surface area contributed by atoms with Crippen LogP contribution in [0.25, 0.3) is 0 Å². The van der Waals surface area contributed by atoms with E-state index in [-0.39, 0.29) is 56.8 Å². The summed E-state index contributed by atoms with van der Waals surface area (Å²) in [5.74, 6) is -2.02. The van der Waals surface area contributed by atoms with Crippen LogP contribution in [0.2, 0.25) is 0 Å². The van der Waals surface area contributed by atoms with Gasteiger partial charge in [0.15, 0.2) is 4.90 Å². The average Bonchev–Trinajstić information content (AvgIpc) is 3.03. The van der Waals surface area contributed by atoms with Gasteiger partial charge in [-0.3, -0.25) is 19.7 Å². The minimum atomic E-state index is -1.42. The smallest absolute Gasteiger partial charge is 0.329 e. The third kappa shape index (κ3) is 5.17. The number of amides is 3. The van der Waals surface area contributed by atoms with Crippen molar-refractivity contribution in [2.45, 2.75) is 30.3 Å². The Hall–Kier alpha value is -2.47. The Labute approximate surface area is 175 Å². The standard InChI is InChI=1S/C19H22N2O8S/c22-16-5-4-14(18(25)20-16)21-10-13-12(19(21)26)2-1-3-15(13)30(27)9-8-28-6-7-29-11-17(23)24/h1-3,14H,4-11H2,(H,23,24)(H,20,22,25). The molecule has 2 atom stereocenters. The van der Waals surface area contributed by atoms with Crippen molar-refractivity contribution in [3.63, 3.8) is 0 Å². The predicted molar refractivity (Wildman–Crippen MR) is 103 cm³/mol. The van der Waals surface area contributed by atoms with Gasteiger partial charge in [-0.2, -0.15) is 0 Å². The van der Waals surface area contributed by atoms with Gasteiger partial charge >= 0.3 is 5.97 Å². The first kappa shape index (κ1) is 22.2. The zero-order valence-electron chi connectivity index (χ0n) is 16.1. The van der Waals surface area contributed by atoms with Crippen LogP contribution in [0, 0.1) is 0 Å². The molecule has 1 fully saturated rings. The number of imide groups is 1. The number of aliphatic carboxylic acids is 1. The van der Waals surface area contributed by atoms with Gasteiger partial charge in [-0.1, -0.05) is 6.07 Å². The van der Waals surface area contributed by atoms with E-state index in [1.54, 1.807) is 18.2 Å². The molecule has 0 spiro atoms. The van der Waals surface area contributed by atoms with Gasteiger partial charge in [0.2, 0.25) is 11.8 Å². The van der Waals surface area contributed by atoms with Crippen molar-refractivity contribution in [2.24, 2.45) is 0 Å². The molecule has 1 aromatic rings. The summed E-state index contributed by atoms with van der Waals surface area (Å²) in [6.07, 6.45) is 0.434. The minimum Gasteiger partial charge on any atom is -0.611 e. The van der Waals surface area contributed by atoms with Gasteiger partial charge in [0.25, 0.3) is 5.91 Å². The number of hydrogen-bond donors (Lipinski definition) is 2. The normalized spacial score (nSPS) is 19.6. The molecular formula is C19H22N2O8S. The van der Waals surface area contributed by atoms with E-state index in [0.29, 0.717) is 16.0 Å². The second-order valence-corrected chi connectivity index (χ2v) is 8.33.